The van der Waals surface area contributed by atoms with Crippen LogP contribution >= 0.6 is 0 Å². The minimum absolute atomic E-state index is 0.0842. The maximum Gasteiger partial charge on any atom is 0.397 e. The lowest BCUT2D eigenvalue weighted by molar-refractivity contribution is -0.149. The van der Waals surface area contributed by atoms with Crippen molar-refractivity contribution in [2.45, 2.75) is 122 Å². The molecule has 2 atom stereocenters. The number of unbranched alkanes of at least 4 members (excludes halogenated alkanes) is 11. The van der Waals surface area contributed by atoms with Gasteiger partial charge in [0.15, 0.2) is 11.3 Å². The largest absolute Gasteiger partial charge is 0.480 e. The van der Waals surface area contributed by atoms with Gasteiger partial charge in [0.1, 0.15) is 0 Å². The van der Waals surface area contributed by atoms with E-state index in [-0.39, 0.29) is 18.7 Å². The molecule has 9 nitrogen and oxygen atoms in total. The molecule has 0 saturated carbocycles. The number of hydrogen-bond donors (Lipinski definition) is 4. The number of carboxylic acids is 1. The Bertz CT molecular complexity index is 679. The number of aliphatic hydroxyl groups excluding tert-OH is 1. The third kappa shape index (κ3) is 22.9. The molecule has 10 heteroatoms. The van der Waals surface area contributed by atoms with E-state index in [4.69, 9.17) is 4.55 Å². The van der Waals surface area contributed by atoms with E-state index in [9.17, 15) is 28.2 Å². The number of hydrogen-bond acceptors (Lipinski definition) is 7. The van der Waals surface area contributed by atoms with Gasteiger partial charge in [0, 0.05) is 13.0 Å². The van der Waals surface area contributed by atoms with Gasteiger partial charge in [-0.2, -0.15) is 8.42 Å². The number of allylic oxidation sites excluding steroid dienone is 2. The molecule has 0 fully saturated rings. The molecule has 35 heavy (non-hydrogen) atoms. The SMILES string of the molecule is CCCCCCCC/C=C\CCCCCCCC(=O)C(C)(NCC(C)O)C(=O)O.COS(=O)(=O)O. The van der Waals surface area contributed by atoms with E-state index < -0.39 is 28.0 Å². The molecule has 2 unspecified atom stereocenters. The number of Topliss-reactive ketones (excluding diaryl/α,β-unsaturated/α-hetero) is 1. The zero-order valence-electron chi connectivity index (χ0n) is 22.1. The number of aliphatic carboxylic acids is 1. The summed E-state index contributed by atoms with van der Waals surface area (Å²) in [5, 5.41) is 21.4. The summed E-state index contributed by atoms with van der Waals surface area (Å²) in [6, 6.07) is 0. The Morgan fingerprint density at radius 1 is 0.943 bits per heavy atom. The molecular formula is C25H49NO8S. The summed E-state index contributed by atoms with van der Waals surface area (Å²) in [6.45, 7) is 5.28. The summed E-state index contributed by atoms with van der Waals surface area (Å²) in [7, 11) is -3.29. The smallest absolute Gasteiger partial charge is 0.397 e. The third-order valence-corrected chi connectivity index (χ3v) is 6.03. The first-order chi connectivity index (χ1) is 16.4. The van der Waals surface area contributed by atoms with Crippen molar-refractivity contribution in [1.29, 1.82) is 0 Å². The number of carboxylic acid groups (broad SMARTS) is 1. The molecule has 0 aromatic rings. The van der Waals surface area contributed by atoms with Gasteiger partial charge in [-0.3, -0.25) is 18.8 Å². The zero-order chi connectivity index (χ0) is 27.2. The molecule has 0 aromatic heterocycles. The average molecular weight is 524 g/mol. The third-order valence-electron chi connectivity index (χ3n) is 5.61. The number of aliphatic hydroxyl groups is 1. The van der Waals surface area contributed by atoms with E-state index in [2.05, 4.69) is 28.6 Å². The number of ketones is 1. The van der Waals surface area contributed by atoms with Crippen molar-refractivity contribution in [3.05, 3.63) is 12.2 Å². The molecule has 0 saturated heterocycles. The van der Waals surface area contributed by atoms with Crippen LogP contribution in [0.2, 0.25) is 0 Å². The first kappa shape index (κ1) is 35.8. The van der Waals surface area contributed by atoms with Crippen molar-refractivity contribution in [2.24, 2.45) is 0 Å². The fourth-order valence-corrected chi connectivity index (χ4v) is 3.25. The van der Waals surface area contributed by atoms with Crippen LogP contribution in [0.25, 0.3) is 0 Å². The molecule has 0 bridgehead atoms. The molecule has 208 valence electrons. The van der Waals surface area contributed by atoms with E-state index in [1.165, 1.54) is 58.3 Å². The van der Waals surface area contributed by atoms with Crippen LogP contribution < -0.4 is 5.32 Å². The standard InChI is InChI=1S/C24H45NO4.CH4O4S/c1-4-5-6-7-8-9-10-11-12-13-14-15-16-17-18-19-22(27)24(3,23(28)29)25-20-21(2)26;1-5-6(2,3)4/h11-12,21,25-26H,4-10,13-20H2,1-3H3,(H,28,29);1H3,(H,2,3,4)/b12-11-;. The topological polar surface area (TPSA) is 150 Å². The Hall–Kier alpha value is -1.33. The van der Waals surface area contributed by atoms with Crippen LogP contribution in [0, 0.1) is 0 Å². The highest BCUT2D eigenvalue weighted by atomic mass is 32.3. The Morgan fingerprint density at radius 2 is 1.37 bits per heavy atom. The normalized spacial score (nSPS) is 14.2. The second kappa shape index (κ2) is 21.9. The van der Waals surface area contributed by atoms with Crippen LogP contribution in [0.5, 0.6) is 0 Å². The Morgan fingerprint density at radius 3 is 1.77 bits per heavy atom. The molecule has 0 spiro atoms. The van der Waals surface area contributed by atoms with Gasteiger partial charge in [-0.15, -0.1) is 0 Å². The maximum atomic E-state index is 12.3. The minimum atomic E-state index is -4.16. The summed E-state index contributed by atoms with van der Waals surface area (Å²) in [4.78, 5) is 23.8. The number of rotatable bonds is 21. The van der Waals surface area contributed by atoms with E-state index in [1.807, 2.05) is 0 Å². The monoisotopic (exact) mass is 523 g/mol. The summed E-state index contributed by atoms with van der Waals surface area (Å²) < 4.78 is 29.7. The Balaban J connectivity index is 0. The lowest BCUT2D eigenvalue weighted by Gasteiger charge is -2.25. The van der Waals surface area contributed by atoms with Gasteiger partial charge in [-0.25, -0.2) is 4.79 Å². The predicted octanol–water partition coefficient (Wildman–Crippen LogP) is 4.84. The highest BCUT2D eigenvalue weighted by Gasteiger charge is 2.39. The summed E-state index contributed by atoms with van der Waals surface area (Å²) in [6.07, 6.45) is 19.6. The molecule has 4 N–H and O–H groups in total. The van der Waals surface area contributed by atoms with Crippen molar-refractivity contribution in [1.82, 2.24) is 5.32 Å². The Labute approximate surface area is 212 Å². The van der Waals surface area contributed by atoms with E-state index in [0.717, 1.165) is 32.8 Å². The average Bonchev–Trinajstić information content (AvgIpc) is 2.79. The van der Waals surface area contributed by atoms with Crippen molar-refractivity contribution in [3.63, 3.8) is 0 Å². The first-order valence-corrected chi connectivity index (χ1v) is 14.1. The first-order valence-electron chi connectivity index (χ1n) is 12.8. The summed E-state index contributed by atoms with van der Waals surface area (Å²) >= 11 is 0. The van der Waals surface area contributed by atoms with E-state index in [0.29, 0.717) is 6.42 Å². The number of carbonyl (C=O) groups is 2. The fraction of sp³-hybridized carbons (Fsp3) is 0.840. The second-order valence-corrected chi connectivity index (χ2v) is 10.2. The van der Waals surface area contributed by atoms with Crippen molar-refractivity contribution < 1.29 is 37.0 Å². The number of β-amino-alcohol motifs (C(OH)–C–C–N with tert-alkyl or cyclic N) is 1. The van der Waals surface area contributed by atoms with Crippen LogP contribution in [0.4, 0.5) is 0 Å². The number of nitrogens with one attached hydrogen (secondary N) is 1. The summed E-state index contributed by atoms with van der Waals surface area (Å²) in [5.41, 5.74) is -1.61. The Kier molecular flexibility index (Phi) is 22.4. The second-order valence-electron chi connectivity index (χ2n) is 9.01. The molecule has 0 radical (unpaired) electrons. The van der Waals surface area contributed by atoms with Gasteiger partial charge < -0.3 is 10.2 Å². The van der Waals surface area contributed by atoms with Gasteiger partial charge >= 0.3 is 16.4 Å². The molecular weight excluding hydrogens is 474 g/mol. The highest BCUT2D eigenvalue weighted by molar-refractivity contribution is 7.80. The van der Waals surface area contributed by atoms with Crippen LogP contribution in [-0.4, -0.2) is 60.2 Å². The van der Waals surface area contributed by atoms with Crippen molar-refractivity contribution >= 4 is 22.2 Å². The maximum absolute atomic E-state index is 12.3. The molecule has 0 heterocycles. The van der Waals surface area contributed by atoms with Gasteiger partial charge in [-0.05, 0) is 46.0 Å². The van der Waals surface area contributed by atoms with Crippen molar-refractivity contribution in [3.8, 4) is 0 Å². The quantitative estimate of drug-likeness (QED) is 0.0717. The van der Waals surface area contributed by atoms with Crippen LogP contribution in [0.15, 0.2) is 12.2 Å². The molecule has 0 rings (SSSR count). The van der Waals surface area contributed by atoms with Gasteiger partial charge in [-0.1, -0.05) is 70.4 Å². The van der Waals surface area contributed by atoms with E-state index in [1.54, 1.807) is 6.92 Å². The van der Waals surface area contributed by atoms with Crippen LogP contribution in [0.3, 0.4) is 0 Å². The molecule has 0 aliphatic carbocycles. The fourth-order valence-electron chi connectivity index (χ4n) is 3.25. The molecule has 0 aliphatic rings. The summed E-state index contributed by atoms with van der Waals surface area (Å²) in [5.74, 6) is -1.50. The molecule has 0 aromatic carbocycles. The predicted molar refractivity (Wildman–Crippen MR) is 139 cm³/mol. The lowest BCUT2D eigenvalue weighted by Crippen LogP contribution is -2.57. The van der Waals surface area contributed by atoms with Crippen molar-refractivity contribution in [2.75, 3.05) is 13.7 Å². The molecule has 0 amide bonds. The van der Waals surface area contributed by atoms with Gasteiger partial charge in [0.25, 0.3) is 0 Å². The highest BCUT2D eigenvalue weighted by Crippen LogP contribution is 2.14. The van der Waals surface area contributed by atoms with Crippen LogP contribution in [0.1, 0.15) is 111 Å². The van der Waals surface area contributed by atoms with Gasteiger partial charge in [0.2, 0.25) is 0 Å². The number of carbonyl (C=O) groups excluding carboxylic acids is 1. The van der Waals surface area contributed by atoms with Gasteiger partial charge in [0.05, 0.1) is 13.2 Å². The lowest BCUT2D eigenvalue weighted by atomic mass is 9.92. The minimum Gasteiger partial charge on any atom is -0.480 e. The van der Waals surface area contributed by atoms with E-state index >= 15 is 0 Å². The molecule has 0 aliphatic heterocycles. The van der Waals surface area contributed by atoms with Crippen LogP contribution in [-0.2, 0) is 24.2 Å². The zero-order valence-corrected chi connectivity index (χ0v) is 22.9.